The minimum atomic E-state index is -4.25. The summed E-state index contributed by atoms with van der Waals surface area (Å²) in [6.45, 7) is 5.11. The molecule has 0 spiro atoms. The maximum atomic E-state index is 12.4. The van der Waals surface area contributed by atoms with Crippen molar-refractivity contribution in [2.24, 2.45) is 5.41 Å². The van der Waals surface area contributed by atoms with Gasteiger partial charge in [0, 0.05) is 12.6 Å². The van der Waals surface area contributed by atoms with E-state index < -0.39 is 11.7 Å². The highest BCUT2D eigenvalue weighted by atomic mass is 19.4. The molecule has 1 saturated carbocycles. The zero-order chi connectivity index (χ0) is 14.1. The van der Waals surface area contributed by atoms with Crippen molar-refractivity contribution in [2.75, 3.05) is 0 Å². The summed E-state index contributed by atoms with van der Waals surface area (Å²) in [7, 11) is 0. The van der Waals surface area contributed by atoms with Gasteiger partial charge < -0.3 is 5.32 Å². The van der Waals surface area contributed by atoms with Crippen molar-refractivity contribution in [3.63, 3.8) is 0 Å². The first-order chi connectivity index (χ1) is 8.79. The fourth-order valence-electron chi connectivity index (χ4n) is 2.76. The average Bonchev–Trinajstić information content (AvgIpc) is 2.65. The zero-order valence-corrected chi connectivity index (χ0v) is 11.3. The van der Waals surface area contributed by atoms with Crippen LogP contribution in [-0.4, -0.2) is 6.04 Å². The van der Waals surface area contributed by atoms with Gasteiger partial charge >= 0.3 is 6.18 Å². The maximum Gasteiger partial charge on any atom is 0.416 e. The molecule has 1 nitrogen and oxygen atoms in total. The molecular formula is C15H20F3N. The summed E-state index contributed by atoms with van der Waals surface area (Å²) in [5.74, 6) is 0. The van der Waals surface area contributed by atoms with E-state index in [1.54, 1.807) is 12.1 Å². The largest absolute Gasteiger partial charge is 0.416 e. The third-order valence-electron chi connectivity index (χ3n) is 4.09. The second kappa shape index (κ2) is 5.16. The first-order valence-corrected chi connectivity index (χ1v) is 6.68. The smallest absolute Gasteiger partial charge is 0.309 e. The van der Waals surface area contributed by atoms with E-state index in [-0.39, 0.29) is 5.41 Å². The van der Waals surface area contributed by atoms with E-state index >= 15 is 0 Å². The van der Waals surface area contributed by atoms with Gasteiger partial charge in [0.2, 0.25) is 0 Å². The Hall–Kier alpha value is -1.03. The van der Waals surface area contributed by atoms with Crippen LogP contribution in [0.1, 0.15) is 44.2 Å². The fraction of sp³-hybridized carbons (Fsp3) is 0.600. The molecule has 1 fully saturated rings. The van der Waals surface area contributed by atoms with Crippen molar-refractivity contribution in [2.45, 2.75) is 51.9 Å². The molecule has 1 unspecified atom stereocenters. The highest BCUT2D eigenvalue weighted by molar-refractivity contribution is 5.24. The molecule has 1 aromatic rings. The topological polar surface area (TPSA) is 12.0 Å². The molecule has 1 aromatic carbocycles. The van der Waals surface area contributed by atoms with Gasteiger partial charge in [-0.3, -0.25) is 0 Å². The van der Waals surface area contributed by atoms with Crippen LogP contribution in [0, 0.1) is 5.41 Å². The Morgan fingerprint density at radius 1 is 1.21 bits per heavy atom. The second-order valence-corrected chi connectivity index (χ2v) is 6.01. The van der Waals surface area contributed by atoms with Gasteiger partial charge in [0.05, 0.1) is 5.56 Å². The van der Waals surface area contributed by atoms with Gasteiger partial charge in [0.25, 0.3) is 0 Å². The number of hydrogen-bond acceptors (Lipinski definition) is 1. The fourth-order valence-corrected chi connectivity index (χ4v) is 2.76. The first-order valence-electron chi connectivity index (χ1n) is 6.68. The summed E-state index contributed by atoms with van der Waals surface area (Å²) in [6.07, 6.45) is -0.678. The van der Waals surface area contributed by atoms with Crippen molar-refractivity contribution in [1.29, 1.82) is 0 Å². The van der Waals surface area contributed by atoms with E-state index in [0.717, 1.165) is 24.1 Å². The van der Waals surface area contributed by atoms with Gasteiger partial charge in [-0.05, 0) is 36.0 Å². The van der Waals surface area contributed by atoms with Crippen LogP contribution in [0.5, 0.6) is 0 Å². The minimum absolute atomic E-state index is 0.284. The lowest BCUT2D eigenvalue weighted by atomic mass is 9.87. The van der Waals surface area contributed by atoms with Gasteiger partial charge in [-0.2, -0.15) is 13.2 Å². The van der Waals surface area contributed by atoms with Gasteiger partial charge in [-0.25, -0.2) is 0 Å². The van der Waals surface area contributed by atoms with Crippen LogP contribution in [0.25, 0.3) is 0 Å². The Morgan fingerprint density at radius 3 is 2.32 bits per heavy atom. The molecule has 19 heavy (non-hydrogen) atoms. The number of nitrogens with one attached hydrogen (secondary N) is 1. The quantitative estimate of drug-likeness (QED) is 0.860. The van der Waals surface area contributed by atoms with Gasteiger partial charge in [0.15, 0.2) is 0 Å². The summed E-state index contributed by atoms with van der Waals surface area (Å²) in [5, 5.41) is 3.47. The number of alkyl halides is 3. The third kappa shape index (κ3) is 3.50. The van der Waals surface area contributed by atoms with Crippen LogP contribution < -0.4 is 5.32 Å². The summed E-state index contributed by atoms with van der Waals surface area (Å²) in [6, 6.07) is 5.86. The van der Waals surface area contributed by atoms with Crippen molar-refractivity contribution in [3.05, 3.63) is 35.4 Å². The van der Waals surface area contributed by atoms with Crippen LogP contribution in [0.15, 0.2) is 24.3 Å². The van der Waals surface area contributed by atoms with Crippen LogP contribution in [0.3, 0.4) is 0 Å². The van der Waals surface area contributed by atoms with Gasteiger partial charge in [0.1, 0.15) is 0 Å². The van der Waals surface area contributed by atoms with Crippen molar-refractivity contribution >= 4 is 0 Å². The summed E-state index contributed by atoms with van der Waals surface area (Å²) < 4.78 is 37.3. The van der Waals surface area contributed by atoms with E-state index in [9.17, 15) is 13.2 Å². The van der Waals surface area contributed by atoms with E-state index in [1.807, 2.05) is 0 Å². The molecule has 0 heterocycles. The molecular weight excluding hydrogens is 251 g/mol. The molecule has 0 amide bonds. The lowest BCUT2D eigenvalue weighted by Crippen LogP contribution is -2.37. The average molecular weight is 271 g/mol. The summed E-state index contributed by atoms with van der Waals surface area (Å²) in [5.41, 5.74) is 0.597. The van der Waals surface area contributed by atoms with Gasteiger partial charge in [-0.1, -0.05) is 32.4 Å². The van der Waals surface area contributed by atoms with E-state index in [0.29, 0.717) is 12.6 Å². The summed E-state index contributed by atoms with van der Waals surface area (Å²) >= 11 is 0. The molecule has 1 atom stereocenters. The normalized spacial score (nSPS) is 22.7. The molecule has 0 aliphatic heterocycles. The number of benzene rings is 1. The Labute approximate surface area is 112 Å². The van der Waals surface area contributed by atoms with Gasteiger partial charge in [-0.15, -0.1) is 0 Å². The Bertz CT molecular complexity index is 420. The number of halogens is 3. The molecule has 4 heteroatoms. The third-order valence-corrected chi connectivity index (χ3v) is 4.09. The lowest BCUT2D eigenvalue weighted by molar-refractivity contribution is -0.137. The van der Waals surface area contributed by atoms with Crippen molar-refractivity contribution < 1.29 is 13.2 Å². The van der Waals surface area contributed by atoms with Crippen LogP contribution >= 0.6 is 0 Å². The number of rotatable bonds is 3. The monoisotopic (exact) mass is 271 g/mol. The zero-order valence-electron chi connectivity index (χ0n) is 11.3. The highest BCUT2D eigenvalue weighted by Gasteiger charge is 2.34. The lowest BCUT2D eigenvalue weighted by Gasteiger charge is -2.28. The predicted molar refractivity (Wildman–Crippen MR) is 69.7 cm³/mol. The Balaban J connectivity index is 1.94. The maximum absolute atomic E-state index is 12.4. The standard InChI is InChI=1S/C15H20F3N/c1-14(2)9-3-4-13(14)19-10-11-5-7-12(8-6-11)15(16,17)18/h5-8,13,19H,3-4,9-10H2,1-2H3. The minimum Gasteiger partial charge on any atom is -0.309 e. The highest BCUT2D eigenvalue weighted by Crippen LogP contribution is 2.37. The van der Waals surface area contributed by atoms with E-state index in [1.165, 1.54) is 12.8 Å². The van der Waals surface area contributed by atoms with Crippen molar-refractivity contribution in [1.82, 2.24) is 5.32 Å². The van der Waals surface area contributed by atoms with E-state index in [2.05, 4.69) is 19.2 Å². The molecule has 1 aliphatic rings. The molecule has 2 rings (SSSR count). The van der Waals surface area contributed by atoms with Crippen LogP contribution in [-0.2, 0) is 12.7 Å². The Morgan fingerprint density at radius 2 is 1.84 bits per heavy atom. The molecule has 0 radical (unpaired) electrons. The second-order valence-electron chi connectivity index (χ2n) is 6.01. The molecule has 0 bridgehead atoms. The molecule has 0 saturated heterocycles. The molecule has 1 aliphatic carbocycles. The van der Waals surface area contributed by atoms with E-state index in [4.69, 9.17) is 0 Å². The van der Waals surface area contributed by atoms with Crippen LogP contribution in [0.4, 0.5) is 13.2 Å². The molecule has 106 valence electrons. The van der Waals surface area contributed by atoms with Crippen LogP contribution in [0.2, 0.25) is 0 Å². The summed E-state index contributed by atoms with van der Waals surface area (Å²) in [4.78, 5) is 0. The SMILES string of the molecule is CC1(C)CCCC1NCc1ccc(C(F)(F)F)cc1. The first kappa shape index (κ1) is 14.4. The molecule has 0 aromatic heterocycles. The van der Waals surface area contributed by atoms with Crippen molar-refractivity contribution in [3.8, 4) is 0 Å². The Kier molecular flexibility index (Phi) is 3.90. The number of hydrogen-bond donors (Lipinski definition) is 1. The predicted octanol–water partition coefficient (Wildman–Crippen LogP) is 4.37. The molecule has 1 N–H and O–H groups in total.